The second-order valence-electron chi connectivity index (χ2n) is 6.09. The van der Waals surface area contributed by atoms with Gasteiger partial charge in [-0.2, -0.15) is 5.26 Å². The smallest absolute Gasteiger partial charge is 0.255 e. The van der Waals surface area contributed by atoms with Gasteiger partial charge in [0.15, 0.2) is 0 Å². The largest absolute Gasteiger partial charge is 0.320 e. The van der Waals surface area contributed by atoms with Crippen molar-refractivity contribution in [2.75, 3.05) is 6.54 Å². The van der Waals surface area contributed by atoms with Gasteiger partial charge in [0.1, 0.15) is 5.54 Å². The van der Waals surface area contributed by atoms with E-state index in [0.29, 0.717) is 18.5 Å². The summed E-state index contributed by atoms with van der Waals surface area (Å²) in [6, 6.07) is 21.7. The monoisotopic (exact) mass is 304 g/mol. The molecule has 23 heavy (non-hydrogen) atoms. The molecule has 0 N–H and O–H groups in total. The Balaban J connectivity index is 1.93. The fourth-order valence-electron chi connectivity index (χ4n) is 3.34. The van der Waals surface area contributed by atoms with Gasteiger partial charge in [0.25, 0.3) is 5.91 Å². The molecule has 0 saturated carbocycles. The van der Waals surface area contributed by atoms with Crippen molar-refractivity contribution in [2.24, 2.45) is 0 Å². The van der Waals surface area contributed by atoms with Crippen molar-refractivity contribution in [1.29, 1.82) is 5.26 Å². The van der Waals surface area contributed by atoms with Crippen molar-refractivity contribution in [3.63, 3.8) is 0 Å². The molecule has 1 fully saturated rings. The van der Waals surface area contributed by atoms with Crippen LogP contribution in [0, 0.1) is 11.3 Å². The number of benzene rings is 2. The van der Waals surface area contributed by atoms with Crippen LogP contribution in [0.5, 0.6) is 0 Å². The number of hydrogen-bond donors (Lipinski definition) is 0. The Kier molecular flexibility index (Phi) is 4.43. The molecule has 1 aliphatic rings. The Bertz CT molecular complexity index is 705. The Labute approximate surface area is 137 Å². The van der Waals surface area contributed by atoms with E-state index >= 15 is 0 Å². The zero-order valence-electron chi connectivity index (χ0n) is 13.1. The highest BCUT2D eigenvalue weighted by Crippen LogP contribution is 2.32. The van der Waals surface area contributed by atoms with Crippen LogP contribution in [0.2, 0.25) is 0 Å². The zero-order chi connectivity index (χ0) is 16.1. The Morgan fingerprint density at radius 1 is 1.04 bits per heavy atom. The highest BCUT2D eigenvalue weighted by atomic mass is 16.2. The molecule has 0 bridgehead atoms. The number of rotatable bonds is 3. The lowest BCUT2D eigenvalue weighted by atomic mass is 9.82. The maximum atomic E-state index is 12.9. The molecule has 1 saturated heterocycles. The molecule has 0 radical (unpaired) electrons. The van der Waals surface area contributed by atoms with Gasteiger partial charge in [-0.25, -0.2) is 0 Å². The van der Waals surface area contributed by atoms with E-state index in [4.69, 9.17) is 0 Å². The highest BCUT2D eigenvalue weighted by molar-refractivity contribution is 5.95. The van der Waals surface area contributed by atoms with E-state index in [-0.39, 0.29) is 5.91 Å². The predicted molar refractivity (Wildman–Crippen MR) is 89.8 cm³/mol. The van der Waals surface area contributed by atoms with Gasteiger partial charge in [0.05, 0.1) is 6.07 Å². The topological polar surface area (TPSA) is 44.1 Å². The van der Waals surface area contributed by atoms with Crippen LogP contribution in [0.4, 0.5) is 0 Å². The third-order valence-electron chi connectivity index (χ3n) is 4.55. The third-order valence-corrected chi connectivity index (χ3v) is 4.55. The van der Waals surface area contributed by atoms with E-state index in [2.05, 4.69) is 6.07 Å². The van der Waals surface area contributed by atoms with Crippen molar-refractivity contribution >= 4 is 5.91 Å². The SMILES string of the molecule is N#C[C@@]1(Cc2ccccc2)CCCCN1C(=O)c1ccccc1. The number of nitriles is 1. The van der Waals surface area contributed by atoms with Crippen LogP contribution in [-0.4, -0.2) is 22.9 Å². The average Bonchev–Trinajstić information content (AvgIpc) is 2.63. The molecule has 0 aromatic heterocycles. The molecule has 1 aliphatic heterocycles. The average molecular weight is 304 g/mol. The van der Waals surface area contributed by atoms with Gasteiger partial charge in [0.2, 0.25) is 0 Å². The number of hydrogen-bond acceptors (Lipinski definition) is 2. The van der Waals surface area contributed by atoms with Gasteiger partial charge in [-0.1, -0.05) is 48.5 Å². The van der Waals surface area contributed by atoms with Crippen LogP contribution in [0.3, 0.4) is 0 Å². The summed E-state index contributed by atoms with van der Waals surface area (Å²) in [5.74, 6) is -0.0391. The zero-order valence-corrected chi connectivity index (χ0v) is 13.1. The molecule has 3 nitrogen and oxygen atoms in total. The fourth-order valence-corrected chi connectivity index (χ4v) is 3.34. The maximum absolute atomic E-state index is 12.9. The first-order valence-electron chi connectivity index (χ1n) is 8.07. The maximum Gasteiger partial charge on any atom is 0.255 e. The number of carbonyl (C=O) groups excluding carboxylic acids is 1. The second kappa shape index (κ2) is 6.66. The van der Waals surface area contributed by atoms with Crippen molar-refractivity contribution < 1.29 is 4.79 Å². The first-order valence-corrected chi connectivity index (χ1v) is 8.07. The van der Waals surface area contributed by atoms with Gasteiger partial charge < -0.3 is 4.90 Å². The predicted octanol–water partition coefficient (Wildman–Crippen LogP) is 3.82. The van der Waals surface area contributed by atoms with Crippen molar-refractivity contribution in [2.45, 2.75) is 31.2 Å². The molecule has 0 aliphatic carbocycles. The summed E-state index contributed by atoms with van der Waals surface area (Å²) in [5, 5.41) is 9.93. The van der Waals surface area contributed by atoms with E-state index in [1.54, 1.807) is 4.90 Å². The minimum Gasteiger partial charge on any atom is -0.320 e. The molecule has 2 aromatic rings. The summed E-state index contributed by atoms with van der Waals surface area (Å²) >= 11 is 0. The second-order valence-corrected chi connectivity index (χ2v) is 6.09. The Morgan fingerprint density at radius 2 is 1.70 bits per heavy atom. The van der Waals surface area contributed by atoms with Gasteiger partial charge in [-0.15, -0.1) is 0 Å². The summed E-state index contributed by atoms with van der Waals surface area (Å²) in [6.07, 6.45) is 3.26. The van der Waals surface area contributed by atoms with Crippen molar-refractivity contribution in [1.82, 2.24) is 4.90 Å². The summed E-state index contributed by atoms with van der Waals surface area (Å²) in [6.45, 7) is 0.647. The fraction of sp³-hybridized carbons (Fsp3) is 0.300. The number of nitrogens with zero attached hydrogens (tertiary/aromatic N) is 2. The van der Waals surface area contributed by atoms with E-state index in [1.165, 1.54) is 0 Å². The Hall–Kier alpha value is -2.60. The van der Waals surface area contributed by atoms with Gasteiger partial charge >= 0.3 is 0 Å². The van der Waals surface area contributed by atoms with E-state index < -0.39 is 5.54 Å². The van der Waals surface area contributed by atoms with E-state index in [0.717, 1.165) is 24.8 Å². The molecule has 3 heteroatoms. The molecule has 0 unspecified atom stereocenters. The van der Waals surface area contributed by atoms with Crippen LogP contribution in [0.1, 0.15) is 35.2 Å². The quantitative estimate of drug-likeness (QED) is 0.865. The lowest BCUT2D eigenvalue weighted by Gasteiger charge is -2.42. The molecule has 116 valence electrons. The third kappa shape index (κ3) is 3.12. The van der Waals surface area contributed by atoms with Crippen molar-refractivity contribution in [3.05, 3.63) is 71.8 Å². The van der Waals surface area contributed by atoms with E-state index in [9.17, 15) is 10.1 Å². The van der Waals surface area contributed by atoms with Gasteiger partial charge in [0, 0.05) is 18.5 Å². The standard InChI is InChI=1S/C20H20N2O/c21-16-20(15-17-9-3-1-4-10-17)13-7-8-14-22(20)19(23)18-11-5-2-6-12-18/h1-6,9-12H,7-8,13-15H2/t20-/m0/s1. The lowest BCUT2D eigenvalue weighted by molar-refractivity contribution is 0.0480. The number of amides is 1. The first-order chi connectivity index (χ1) is 11.2. The lowest BCUT2D eigenvalue weighted by Crippen LogP contribution is -2.55. The van der Waals surface area contributed by atoms with Crippen LogP contribution < -0.4 is 0 Å². The first kappa shape index (κ1) is 15.3. The number of likely N-dealkylation sites (tertiary alicyclic amines) is 1. The number of carbonyl (C=O) groups is 1. The van der Waals surface area contributed by atoms with Gasteiger partial charge in [-0.3, -0.25) is 4.79 Å². The van der Waals surface area contributed by atoms with Crippen LogP contribution >= 0.6 is 0 Å². The summed E-state index contributed by atoms with van der Waals surface area (Å²) < 4.78 is 0. The molecular formula is C20H20N2O. The van der Waals surface area contributed by atoms with Gasteiger partial charge in [-0.05, 0) is 37.0 Å². The van der Waals surface area contributed by atoms with Crippen molar-refractivity contribution in [3.8, 4) is 6.07 Å². The highest BCUT2D eigenvalue weighted by Gasteiger charge is 2.42. The molecular weight excluding hydrogens is 284 g/mol. The molecule has 1 heterocycles. The molecule has 3 rings (SSSR count). The van der Waals surface area contributed by atoms with Crippen LogP contribution in [0.25, 0.3) is 0 Å². The summed E-state index contributed by atoms with van der Waals surface area (Å²) in [7, 11) is 0. The number of piperidine rings is 1. The summed E-state index contributed by atoms with van der Waals surface area (Å²) in [5.41, 5.74) is 1.01. The molecule has 2 aromatic carbocycles. The minimum atomic E-state index is -0.744. The normalized spacial score (nSPS) is 20.7. The minimum absolute atomic E-state index is 0.0391. The molecule has 0 spiro atoms. The summed E-state index contributed by atoms with van der Waals surface area (Å²) in [4.78, 5) is 14.7. The molecule has 1 atom stereocenters. The van der Waals surface area contributed by atoms with E-state index in [1.807, 2.05) is 60.7 Å². The van der Waals surface area contributed by atoms with Crippen LogP contribution in [-0.2, 0) is 6.42 Å². The Morgan fingerprint density at radius 3 is 2.35 bits per heavy atom. The molecule has 1 amide bonds. The van der Waals surface area contributed by atoms with Crippen LogP contribution in [0.15, 0.2) is 60.7 Å².